The molecule has 0 amide bonds. The molecule has 1 unspecified atom stereocenters. The van der Waals surface area contributed by atoms with Gasteiger partial charge in [0, 0.05) is 39.2 Å². The summed E-state index contributed by atoms with van der Waals surface area (Å²) in [7, 11) is 0. The summed E-state index contributed by atoms with van der Waals surface area (Å²) in [6.07, 6.45) is 2.02. The van der Waals surface area contributed by atoms with E-state index >= 15 is 0 Å². The van der Waals surface area contributed by atoms with E-state index in [9.17, 15) is 4.39 Å². The second-order valence-electron chi connectivity index (χ2n) is 4.65. The number of rotatable bonds is 1. The van der Waals surface area contributed by atoms with Crippen LogP contribution in [0.1, 0.15) is 29.8 Å². The Morgan fingerprint density at radius 3 is 2.85 bits per heavy atom. The summed E-state index contributed by atoms with van der Waals surface area (Å²) < 4.78 is 20.9. The molecule has 20 heavy (non-hydrogen) atoms. The van der Waals surface area contributed by atoms with Gasteiger partial charge in [0.1, 0.15) is 17.7 Å². The van der Waals surface area contributed by atoms with Crippen LogP contribution in [0.3, 0.4) is 0 Å². The average molecular weight is 402 g/mol. The number of aromatic nitrogens is 1. The molecule has 0 spiro atoms. The molecule has 1 aliphatic rings. The van der Waals surface area contributed by atoms with Gasteiger partial charge in [-0.25, -0.2) is 4.39 Å². The van der Waals surface area contributed by atoms with E-state index in [1.165, 1.54) is 12.1 Å². The fourth-order valence-electron chi connectivity index (χ4n) is 2.31. The summed E-state index contributed by atoms with van der Waals surface area (Å²) in [4.78, 5) is 4.36. The number of fused-ring (bicyclic) bond motifs is 1. The third-order valence-corrected chi connectivity index (χ3v) is 4.32. The van der Waals surface area contributed by atoms with E-state index < -0.39 is 0 Å². The summed E-state index contributed by atoms with van der Waals surface area (Å²) in [5.41, 5.74) is 7.74. The van der Waals surface area contributed by atoms with Crippen molar-refractivity contribution in [2.45, 2.75) is 18.6 Å². The monoisotopic (exact) mass is 400 g/mol. The zero-order valence-corrected chi connectivity index (χ0v) is 13.5. The highest BCUT2D eigenvalue weighted by Gasteiger charge is 2.29. The molecule has 3 rings (SSSR count). The number of pyridine rings is 1. The van der Waals surface area contributed by atoms with Gasteiger partial charge in [-0.2, -0.15) is 0 Å². The van der Waals surface area contributed by atoms with Gasteiger partial charge in [0.05, 0.1) is 5.69 Å². The van der Waals surface area contributed by atoms with Crippen LogP contribution in [0.2, 0.25) is 0 Å². The van der Waals surface area contributed by atoms with Gasteiger partial charge in [-0.1, -0.05) is 6.07 Å². The van der Waals surface area contributed by atoms with Gasteiger partial charge in [-0.15, -0.1) is 0 Å². The van der Waals surface area contributed by atoms with Crippen molar-refractivity contribution >= 4 is 31.9 Å². The summed E-state index contributed by atoms with van der Waals surface area (Å²) in [5, 5.41) is 0. The lowest BCUT2D eigenvalue weighted by molar-refractivity contribution is 0.156. The Bertz CT molecular complexity index is 666. The zero-order chi connectivity index (χ0) is 14.3. The van der Waals surface area contributed by atoms with Crippen LogP contribution in [0.15, 0.2) is 39.4 Å². The highest BCUT2D eigenvalue weighted by atomic mass is 79.9. The second-order valence-corrected chi connectivity index (χ2v) is 6.42. The lowest BCUT2D eigenvalue weighted by Crippen LogP contribution is -2.25. The Morgan fingerprint density at radius 2 is 2.10 bits per heavy atom. The van der Waals surface area contributed by atoms with E-state index in [4.69, 9.17) is 10.5 Å². The molecule has 1 aromatic carbocycles. The van der Waals surface area contributed by atoms with Crippen LogP contribution < -0.4 is 10.5 Å². The van der Waals surface area contributed by atoms with Crippen LogP contribution in [0.4, 0.5) is 4.39 Å². The van der Waals surface area contributed by atoms with Crippen molar-refractivity contribution < 1.29 is 9.13 Å². The maximum absolute atomic E-state index is 13.3. The van der Waals surface area contributed by atoms with Gasteiger partial charge in [0.15, 0.2) is 0 Å². The summed E-state index contributed by atoms with van der Waals surface area (Å²) >= 11 is 6.83. The molecule has 2 atom stereocenters. The van der Waals surface area contributed by atoms with E-state index in [2.05, 4.69) is 36.8 Å². The molecule has 0 radical (unpaired) electrons. The molecule has 0 saturated carbocycles. The predicted molar refractivity (Wildman–Crippen MR) is 81.0 cm³/mol. The Hall–Kier alpha value is -0.980. The van der Waals surface area contributed by atoms with Gasteiger partial charge >= 0.3 is 0 Å². The molecule has 2 N–H and O–H groups in total. The molecule has 0 bridgehead atoms. The molecule has 1 aromatic heterocycles. The van der Waals surface area contributed by atoms with Crippen molar-refractivity contribution in [3.63, 3.8) is 0 Å². The van der Waals surface area contributed by atoms with E-state index in [1.807, 2.05) is 6.07 Å². The normalized spacial score (nSPS) is 21.2. The molecule has 0 saturated heterocycles. The minimum atomic E-state index is -0.334. The Kier molecular flexibility index (Phi) is 3.79. The molecule has 3 nitrogen and oxygen atoms in total. The number of nitrogens with zero attached hydrogens (tertiary/aromatic N) is 1. The van der Waals surface area contributed by atoms with E-state index in [0.717, 1.165) is 20.2 Å². The van der Waals surface area contributed by atoms with Crippen LogP contribution in [0.5, 0.6) is 5.75 Å². The first-order valence-corrected chi connectivity index (χ1v) is 7.66. The predicted octanol–water partition coefficient (Wildman–Crippen LogP) is 4.27. The van der Waals surface area contributed by atoms with Gasteiger partial charge in [-0.3, -0.25) is 4.98 Å². The van der Waals surface area contributed by atoms with Crippen molar-refractivity contribution in [3.8, 4) is 5.75 Å². The van der Waals surface area contributed by atoms with Gasteiger partial charge < -0.3 is 10.5 Å². The van der Waals surface area contributed by atoms with Crippen LogP contribution in [-0.4, -0.2) is 4.98 Å². The van der Waals surface area contributed by atoms with Crippen molar-refractivity contribution in [1.82, 2.24) is 4.98 Å². The van der Waals surface area contributed by atoms with E-state index in [1.54, 1.807) is 12.3 Å². The third kappa shape index (κ3) is 2.60. The maximum atomic E-state index is 13.3. The molecule has 0 fully saturated rings. The molecule has 6 heteroatoms. The molecule has 104 valence electrons. The fraction of sp³-hybridized carbons (Fsp3) is 0.214. The fourth-order valence-corrected chi connectivity index (χ4v) is 3.55. The Morgan fingerprint density at radius 1 is 1.30 bits per heavy atom. The van der Waals surface area contributed by atoms with E-state index in [0.29, 0.717) is 12.2 Å². The van der Waals surface area contributed by atoms with Crippen LogP contribution in [-0.2, 0) is 0 Å². The van der Waals surface area contributed by atoms with Crippen molar-refractivity contribution in [2.75, 3.05) is 0 Å². The number of benzene rings is 1. The maximum Gasteiger partial charge on any atom is 0.143 e. The minimum absolute atomic E-state index is 0.193. The number of ether oxygens (including phenoxy) is 1. The first kappa shape index (κ1) is 14.0. The first-order chi connectivity index (χ1) is 9.54. The number of nitrogens with two attached hydrogens (primary N) is 1. The molecular formula is C14H11Br2FN2O. The topological polar surface area (TPSA) is 48.1 Å². The minimum Gasteiger partial charge on any atom is -0.484 e. The molecule has 2 aromatic rings. The van der Waals surface area contributed by atoms with Crippen LogP contribution in [0.25, 0.3) is 0 Å². The zero-order valence-electron chi connectivity index (χ0n) is 10.3. The SMILES string of the molecule is N[C@@H]1CC(c2ncc(Br)cc2Br)Oc2cc(F)ccc21. The summed E-state index contributed by atoms with van der Waals surface area (Å²) in [6.45, 7) is 0. The quantitative estimate of drug-likeness (QED) is 0.776. The highest BCUT2D eigenvalue weighted by molar-refractivity contribution is 9.11. The Balaban J connectivity index is 1.98. The van der Waals surface area contributed by atoms with Crippen LogP contribution >= 0.6 is 31.9 Å². The molecule has 2 heterocycles. The van der Waals surface area contributed by atoms with Gasteiger partial charge in [0.2, 0.25) is 0 Å². The molecular weight excluding hydrogens is 391 g/mol. The summed E-state index contributed by atoms with van der Waals surface area (Å²) in [5.74, 6) is 0.157. The second kappa shape index (κ2) is 5.42. The highest BCUT2D eigenvalue weighted by Crippen LogP contribution is 2.41. The van der Waals surface area contributed by atoms with Gasteiger partial charge in [-0.05, 0) is 44.0 Å². The van der Waals surface area contributed by atoms with E-state index in [-0.39, 0.29) is 18.0 Å². The van der Waals surface area contributed by atoms with Crippen molar-refractivity contribution in [3.05, 3.63) is 56.5 Å². The Labute approximate surface area is 132 Å². The standard InChI is InChI=1S/C14H11Br2FN2O/c15-7-3-10(16)14(19-6-7)13-5-11(18)9-2-1-8(17)4-12(9)20-13/h1-4,6,11,13H,5,18H2/t11-,13?/m1/s1. The largest absolute Gasteiger partial charge is 0.484 e. The van der Waals surface area contributed by atoms with Crippen LogP contribution in [0, 0.1) is 5.82 Å². The third-order valence-electron chi connectivity index (χ3n) is 3.25. The number of hydrogen-bond donors (Lipinski definition) is 1. The van der Waals surface area contributed by atoms with Crippen molar-refractivity contribution in [1.29, 1.82) is 0 Å². The lowest BCUT2D eigenvalue weighted by Gasteiger charge is -2.30. The first-order valence-electron chi connectivity index (χ1n) is 6.07. The molecule has 0 aliphatic carbocycles. The number of halogens is 3. The number of hydrogen-bond acceptors (Lipinski definition) is 3. The smallest absolute Gasteiger partial charge is 0.143 e. The van der Waals surface area contributed by atoms with Crippen molar-refractivity contribution in [2.24, 2.45) is 5.73 Å². The van der Waals surface area contributed by atoms with Gasteiger partial charge in [0.25, 0.3) is 0 Å². The summed E-state index contributed by atoms with van der Waals surface area (Å²) in [6, 6.07) is 6.15. The lowest BCUT2D eigenvalue weighted by atomic mass is 9.95. The average Bonchev–Trinajstić information content (AvgIpc) is 2.37. The molecule has 1 aliphatic heterocycles.